The largest absolute Gasteiger partial charge is 0.354 e. The second-order valence-electron chi connectivity index (χ2n) is 3.09. The normalized spacial score (nSPS) is 10.3. The molecule has 76 valence electrons. The first-order chi connectivity index (χ1) is 7.22. The van der Waals surface area contributed by atoms with Gasteiger partial charge in [0, 0.05) is 12.4 Å². The number of aromatic nitrogens is 1. The van der Waals surface area contributed by atoms with Crippen molar-refractivity contribution in [3.8, 4) is 0 Å². The number of rotatable bonds is 1. The maximum Gasteiger partial charge on any atom is 0.269 e. The van der Waals surface area contributed by atoms with E-state index in [1.165, 1.54) is 0 Å². The molecule has 0 aliphatic rings. The number of fused-ring (bicyclic) bond motifs is 1. The molecular weight excluding hydrogens is 212 g/mol. The molecule has 2 rings (SSSR count). The Labute approximate surface area is 92.1 Å². The molecule has 1 aromatic heterocycles. The van der Waals surface area contributed by atoms with E-state index in [2.05, 4.69) is 10.3 Å². The number of nitrogens with zero attached hydrogens (tertiary/aromatic N) is 1. The molecule has 0 fully saturated rings. The van der Waals surface area contributed by atoms with Gasteiger partial charge in [0.05, 0.1) is 10.5 Å². The van der Waals surface area contributed by atoms with Gasteiger partial charge in [0.15, 0.2) is 0 Å². The summed E-state index contributed by atoms with van der Waals surface area (Å²) >= 11 is 5.98. The third-order valence-corrected chi connectivity index (χ3v) is 2.44. The minimum Gasteiger partial charge on any atom is -0.354 e. The Kier molecular flexibility index (Phi) is 2.56. The molecule has 0 unspecified atom stereocenters. The van der Waals surface area contributed by atoms with Crippen LogP contribution in [0.3, 0.4) is 0 Å². The summed E-state index contributed by atoms with van der Waals surface area (Å²) in [7, 11) is 1.57. The number of pyridine rings is 1. The number of carbonyl (C=O) groups is 1. The first-order valence-electron chi connectivity index (χ1n) is 4.50. The second-order valence-corrected chi connectivity index (χ2v) is 3.49. The van der Waals surface area contributed by atoms with E-state index in [0.717, 1.165) is 5.39 Å². The van der Waals surface area contributed by atoms with Crippen LogP contribution in [0.1, 0.15) is 10.5 Å². The van der Waals surface area contributed by atoms with Crippen LogP contribution >= 0.6 is 11.6 Å². The molecule has 1 amide bonds. The van der Waals surface area contributed by atoms with Crippen LogP contribution in [-0.2, 0) is 0 Å². The van der Waals surface area contributed by atoms with Gasteiger partial charge in [0.1, 0.15) is 5.69 Å². The topological polar surface area (TPSA) is 42.0 Å². The van der Waals surface area contributed by atoms with Crippen LogP contribution in [0, 0.1) is 0 Å². The Hall–Kier alpha value is -1.61. The van der Waals surface area contributed by atoms with Crippen LogP contribution in [0.15, 0.2) is 30.3 Å². The summed E-state index contributed by atoms with van der Waals surface area (Å²) < 4.78 is 0. The maximum absolute atomic E-state index is 11.4. The average Bonchev–Trinajstić information content (AvgIpc) is 2.28. The standard InChI is InChI=1S/C11H9ClN2O/c1-13-11(15)9-6-5-7-3-2-4-8(12)10(7)14-9/h2-6H,1H3,(H,13,15). The van der Waals surface area contributed by atoms with Crippen molar-refractivity contribution in [2.24, 2.45) is 0 Å². The lowest BCUT2D eigenvalue weighted by Crippen LogP contribution is -2.19. The smallest absolute Gasteiger partial charge is 0.269 e. The zero-order valence-corrected chi connectivity index (χ0v) is 8.88. The predicted molar refractivity (Wildman–Crippen MR) is 60.1 cm³/mol. The van der Waals surface area contributed by atoms with E-state index in [0.29, 0.717) is 16.2 Å². The second kappa shape index (κ2) is 3.87. The van der Waals surface area contributed by atoms with Gasteiger partial charge in [-0.25, -0.2) is 4.98 Å². The fourth-order valence-electron chi connectivity index (χ4n) is 1.37. The van der Waals surface area contributed by atoms with Gasteiger partial charge in [-0.05, 0) is 12.1 Å². The van der Waals surface area contributed by atoms with E-state index in [4.69, 9.17) is 11.6 Å². The van der Waals surface area contributed by atoms with Crippen molar-refractivity contribution in [3.05, 3.63) is 41.0 Å². The monoisotopic (exact) mass is 220 g/mol. The van der Waals surface area contributed by atoms with Crippen molar-refractivity contribution in [1.82, 2.24) is 10.3 Å². The van der Waals surface area contributed by atoms with Gasteiger partial charge in [-0.15, -0.1) is 0 Å². The van der Waals surface area contributed by atoms with Crippen LogP contribution < -0.4 is 5.32 Å². The molecular formula is C11H9ClN2O. The lowest BCUT2D eigenvalue weighted by molar-refractivity contribution is 0.0958. The molecule has 3 nitrogen and oxygen atoms in total. The fraction of sp³-hybridized carbons (Fsp3) is 0.0909. The molecule has 0 aliphatic heterocycles. The summed E-state index contributed by atoms with van der Waals surface area (Å²) in [5, 5.41) is 4.00. The highest BCUT2D eigenvalue weighted by Gasteiger charge is 2.07. The highest BCUT2D eigenvalue weighted by atomic mass is 35.5. The van der Waals surface area contributed by atoms with Gasteiger partial charge < -0.3 is 5.32 Å². The van der Waals surface area contributed by atoms with Crippen LogP contribution in [0.5, 0.6) is 0 Å². The number of halogens is 1. The SMILES string of the molecule is CNC(=O)c1ccc2cccc(Cl)c2n1. The van der Waals surface area contributed by atoms with Crippen LogP contribution in [-0.4, -0.2) is 17.9 Å². The third kappa shape index (κ3) is 1.78. The van der Waals surface area contributed by atoms with Crippen molar-refractivity contribution >= 4 is 28.4 Å². The molecule has 4 heteroatoms. The average molecular weight is 221 g/mol. The Bertz CT molecular complexity index is 525. The quantitative estimate of drug-likeness (QED) is 0.801. The number of amides is 1. The van der Waals surface area contributed by atoms with Crippen molar-refractivity contribution in [3.63, 3.8) is 0 Å². The summed E-state index contributed by atoms with van der Waals surface area (Å²) in [6.45, 7) is 0. The van der Waals surface area contributed by atoms with Gasteiger partial charge in [0.2, 0.25) is 0 Å². The van der Waals surface area contributed by atoms with Gasteiger partial charge in [-0.3, -0.25) is 4.79 Å². The fourth-order valence-corrected chi connectivity index (χ4v) is 1.59. The summed E-state index contributed by atoms with van der Waals surface area (Å²) in [5.41, 5.74) is 1.03. The molecule has 0 saturated heterocycles. The van der Waals surface area contributed by atoms with Gasteiger partial charge in [0.25, 0.3) is 5.91 Å². The molecule has 0 spiro atoms. The summed E-state index contributed by atoms with van der Waals surface area (Å²) in [5.74, 6) is -0.211. The molecule has 0 atom stereocenters. The third-order valence-electron chi connectivity index (χ3n) is 2.13. The molecule has 0 aliphatic carbocycles. The van der Waals surface area contributed by atoms with Crippen molar-refractivity contribution < 1.29 is 4.79 Å². The summed E-state index contributed by atoms with van der Waals surface area (Å²) in [4.78, 5) is 15.6. The predicted octanol–water partition coefficient (Wildman–Crippen LogP) is 2.25. The van der Waals surface area contributed by atoms with Gasteiger partial charge in [-0.1, -0.05) is 29.8 Å². The molecule has 2 aromatic rings. The minimum atomic E-state index is -0.211. The summed E-state index contributed by atoms with van der Waals surface area (Å²) in [6, 6.07) is 9.02. The van der Waals surface area contributed by atoms with Crippen molar-refractivity contribution in [2.75, 3.05) is 7.05 Å². The molecule has 0 radical (unpaired) electrons. The molecule has 0 saturated carbocycles. The van der Waals surface area contributed by atoms with Crippen LogP contribution in [0.25, 0.3) is 10.9 Å². The first kappa shape index (κ1) is 9.93. The molecule has 1 heterocycles. The van der Waals surface area contributed by atoms with Gasteiger partial charge in [-0.2, -0.15) is 0 Å². The zero-order chi connectivity index (χ0) is 10.8. The zero-order valence-electron chi connectivity index (χ0n) is 8.12. The Morgan fingerprint density at radius 1 is 1.33 bits per heavy atom. The summed E-state index contributed by atoms with van der Waals surface area (Å²) in [6.07, 6.45) is 0. The number of nitrogens with one attached hydrogen (secondary N) is 1. The van der Waals surface area contributed by atoms with E-state index in [1.54, 1.807) is 19.2 Å². The molecule has 1 aromatic carbocycles. The molecule has 1 N–H and O–H groups in total. The Morgan fingerprint density at radius 2 is 2.13 bits per heavy atom. The number of hydrogen-bond acceptors (Lipinski definition) is 2. The minimum absolute atomic E-state index is 0.211. The number of hydrogen-bond donors (Lipinski definition) is 1. The number of para-hydroxylation sites is 1. The van der Waals surface area contributed by atoms with Crippen LogP contribution in [0.2, 0.25) is 5.02 Å². The lowest BCUT2D eigenvalue weighted by atomic mass is 10.2. The number of benzene rings is 1. The van der Waals surface area contributed by atoms with E-state index in [-0.39, 0.29) is 5.91 Å². The van der Waals surface area contributed by atoms with Gasteiger partial charge >= 0.3 is 0 Å². The Morgan fingerprint density at radius 3 is 2.87 bits per heavy atom. The van der Waals surface area contributed by atoms with Crippen molar-refractivity contribution in [2.45, 2.75) is 0 Å². The van der Waals surface area contributed by atoms with E-state index in [1.807, 2.05) is 18.2 Å². The highest BCUT2D eigenvalue weighted by Crippen LogP contribution is 2.21. The van der Waals surface area contributed by atoms with Crippen molar-refractivity contribution in [1.29, 1.82) is 0 Å². The highest BCUT2D eigenvalue weighted by molar-refractivity contribution is 6.35. The van der Waals surface area contributed by atoms with E-state index in [9.17, 15) is 4.79 Å². The Balaban J connectivity index is 2.64. The molecule has 0 bridgehead atoms. The molecule has 15 heavy (non-hydrogen) atoms. The first-order valence-corrected chi connectivity index (χ1v) is 4.87. The van der Waals surface area contributed by atoms with E-state index >= 15 is 0 Å². The van der Waals surface area contributed by atoms with E-state index < -0.39 is 0 Å². The van der Waals surface area contributed by atoms with Crippen LogP contribution in [0.4, 0.5) is 0 Å². The maximum atomic E-state index is 11.4. The number of carbonyl (C=O) groups excluding carboxylic acids is 1. The lowest BCUT2D eigenvalue weighted by Gasteiger charge is -2.02.